The van der Waals surface area contributed by atoms with Gasteiger partial charge in [-0.1, -0.05) is 30.3 Å². The van der Waals surface area contributed by atoms with Gasteiger partial charge >= 0.3 is 0 Å². The van der Waals surface area contributed by atoms with Crippen LogP contribution in [0.4, 0.5) is 0 Å². The molecular formula is C11H15NO. The molecule has 0 bridgehead atoms. The van der Waals surface area contributed by atoms with E-state index in [2.05, 4.69) is 17.4 Å². The molecule has 1 atom stereocenters. The van der Waals surface area contributed by atoms with Crippen LogP contribution in [0.1, 0.15) is 18.4 Å². The van der Waals surface area contributed by atoms with Crippen LogP contribution in [0, 0.1) is 0 Å². The molecule has 0 saturated carbocycles. The lowest BCUT2D eigenvalue weighted by Crippen LogP contribution is -2.41. The van der Waals surface area contributed by atoms with E-state index in [0.717, 1.165) is 19.4 Å². The summed E-state index contributed by atoms with van der Waals surface area (Å²) in [5.74, 6) is 0. The Hall–Kier alpha value is -0.860. The van der Waals surface area contributed by atoms with Gasteiger partial charge in [0.05, 0.1) is 0 Å². The van der Waals surface area contributed by atoms with Crippen molar-refractivity contribution >= 4 is 0 Å². The summed E-state index contributed by atoms with van der Waals surface area (Å²) in [6.07, 6.45) is 2.65. The summed E-state index contributed by atoms with van der Waals surface area (Å²) in [4.78, 5) is 0. The molecule has 1 fully saturated rings. The standard InChI is InChI=1S/C11H15NO/c13-11(7-4-8-12-11)9-10-5-2-1-3-6-10/h1-3,5-6,12-13H,4,7-9H2/t11-/m0/s1. The van der Waals surface area contributed by atoms with Crippen LogP contribution in [0.5, 0.6) is 0 Å². The molecule has 0 aromatic heterocycles. The Morgan fingerprint density at radius 2 is 2.08 bits per heavy atom. The molecule has 0 amide bonds. The van der Waals surface area contributed by atoms with Crippen LogP contribution < -0.4 is 5.32 Å². The number of aliphatic hydroxyl groups is 1. The third-order valence-corrected chi connectivity index (χ3v) is 2.56. The van der Waals surface area contributed by atoms with Gasteiger partial charge in [-0.15, -0.1) is 0 Å². The van der Waals surface area contributed by atoms with Crippen molar-refractivity contribution in [3.63, 3.8) is 0 Å². The van der Waals surface area contributed by atoms with Crippen molar-refractivity contribution in [2.24, 2.45) is 0 Å². The fourth-order valence-corrected chi connectivity index (χ4v) is 1.87. The molecule has 0 aliphatic carbocycles. The first-order chi connectivity index (χ1) is 6.29. The first kappa shape index (κ1) is 8.73. The van der Waals surface area contributed by atoms with Gasteiger partial charge in [0.15, 0.2) is 0 Å². The van der Waals surface area contributed by atoms with E-state index in [0.29, 0.717) is 6.42 Å². The second-order valence-corrected chi connectivity index (χ2v) is 3.72. The molecule has 0 radical (unpaired) electrons. The molecule has 2 heteroatoms. The largest absolute Gasteiger partial charge is 0.376 e. The van der Waals surface area contributed by atoms with E-state index >= 15 is 0 Å². The highest BCUT2D eigenvalue weighted by molar-refractivity contribution is 5.17. The minimum absolute atomic E-state index is 0.651. The minimum atomic E-state index is -0.651. The molecule has 2 nitrogen and oxygen atoms in total. The quantitative estimate of drug-likeness (QED) is 0.713. The lowest BCUT2D eigenvalue weighted by atomic mass is 10.0. The molecule has 1 aromatic carbocycles. The predicted molar refractivity (Wildman–Crippen MR) is 52.3 cm³/mol. The molecule has 2 rings (SSSR count). The smallest absolute Gasteiger partial charge is 0.120 e. The van der Waals surface area contributed by atoms with Crippen LogP contribution in [0.2, 0.25) is 0 Å². The Kier molecular flexibility index (Phi) is 2.34. The van der Waals surface area contributed by atoms with Gasteiger partial charge in [-0.3, -0.25) is 5.32 Å². The van der Waals surface area contributed by atoms with Gasteiger partial charge in [0.1, 0.15) is 5.72 Å². The average molecular weight is 177 g/mol. The molecule has 1 aliphatic rings. The van der Waals surface area contributed by atoms with Crippen molar-refractivity contribution in [1.82, 2.24) is 5.32 Å². The fourth-order valence-electron chi connectivity index (χ4n) is 1.87. The SMILES string of the molecule is O[C@]1(Cc2ccccc2)CCCN1. The molecule has 1 aliphatic heterocycles. The van der Waals surface area contributed by atoms with Crippen LogP contribution in [-0.4, -0.2) is 17.4 Å². The van der Waals surface area contributed by atoms with Gasteiger partial charge in [-0.25, -0.2) is 0 Å². The Bertz CT molecular complexity index is 265. The van der Waals surface area contributed by atoms with Crippen molar-refractivity contribution in [3.05, 3.63) is 35.9 Å². The summed E-state index contributed by atoms with van der Waals surface area (Å²) >= 11 is 0. The lowest BCUT2D eigenvalue weighted by Gasteiger charge is -2.22. The highest BCUT2D eigenvalue weighted by Crippen LogP contribution is 2.20. The summed E-state index contributed by atoms with van der Waals surface area (Å²) in [5, 5.41) is 13.2. The number of hydrogen-bond donors (Lipinski definition) is 2. The van der Waals surface area contributed by atoms with Gasteiger partial charge in [0.2, 0.25) is 0 Å². The second kappa shape index (κ2) is 3.48. The summed E-state index contributed by atoms with van der Waals surface area (Å²) in [6, 6.07) is 10.1. The molecular weight excluding hydrogens is 162 g/mol. The topological polar surface area (TPSA) is 32.3 Å². The minimum Gasteiger partial charge on any atom is -0.376 e. The lowest BCUT2D eigenvalue weighted by molar-refractivity contribution is 0.0254. The zero-order valence-corrected chi connectivity index (χ0v) is 7.66. The van der Waals surface area contributed by atoms with E-state index in [1.54, 1.807) is 0 Å². The van der Waals surface area contributed by atoms with E-state index in [-0.39, 0.29) is 0 Å². The third-order valence-electron chi connectivity index (χ3n) is 2.56. The van der Waals surface area contributed by atoms with E-state index < -0.39 is 5.72 Å². The normalized spacial score (nSPS) is 27.8. The fraction of sp³-hybridized carbons (Fsp3) is 0.455. The van der Waals surface area contributed by atoms with Crippen molar-refractivity contribution in [1.29, 1.82) is 0 Å². The maximum atomic E-state index is 10.0. The zero-order valence-electron chi connectivity index (χ0n) is 7.66. The first-order valence-electron chi connectivity index (χ1n) is 4.80. The number of hydrogen-bond acceptors (Lipinski definition) is 2. The van der Waals surface area contributed by atoms with Crippen molar-refractivity contribution in [2.45, 2.75) is 25.0 Å². The molecule has 1 aromatic rings. The summed E-state index contributed by atoms with van der Waals surface area (Å²) in [7, 11) is 0. The Balaban J connectivity index is 2.05. The van der Waals surface area contributed by atoms with Gasteiger partial charge in [-0.2, -0.15) is 0 Å². The molecule has 0 spiro atoms. The first-order valence-corrected chi connectivity index (χ1v) is 4.80. The van der Waals surface area contributed by atoms with E-state index in [1.807, 2.05) is 18.2 Å². The molecule has 2 N–H and O–H groups in total. The van der Waals surface area contributed by atoms with E-state index in [9.17, 15) is 5.11 Å². The van der Waals surface area contributed by atoms with Gasteiger partial charge in [0, 0.05) is 6.42 Å². The maximum absolute atomic E-state index is 10.0. The molecule has 13 heavy (non-hydrogen) atoms. The van der Waals surface area contributed by atoms with Crippen LogP contribution >= 0.6 is 0 Å². The Morgan fingerprint density at radius 3 is 2.69 bits per heavy atom. The van der Waals surface area contributed by atoms with Crippen molar-refractivity contribution in [2.75, 3.05) is 6.54 Å². The summed E-state index contributed by atoms with van der Waals surface area (Å²) in [6.45, 7) is 0.934. The van der Waals surface area contributed by atoms with Gasteiger partial charge in [0.25, 0.3) is 0 Å². The zero-order chi connectivity index (χ0) is 9.15. The highest BCUT2D eigenvalue weighted by atomic mass is 16.3. The predicted octanol–water partition coefficient (Wildman–Crippen LogP) is 1.30. The van der Waals surface area contributed by atoms with Gasteiger partial charge < -0.3 is 5.11 Å². The average Bonchev–Trinajstić information content (AvgIpc) is 2.54. The third kappa shape index (κ3) is 2.08. The molecule has 70 valence electrons. The van der Waals surface area contributed by atoms with Crippen molar-refractivity contribution in [3.8, 4) is 0 Å². The molecule has 1 heterocycles. The van der Waals surface area contributed by atoms with E-state index in [1.165, 1.54) is 5.56 Å². The number of rotatable bonds is 2. The van der Waals surface area contributed by atoms with Crippen molar-refractivity contribution < 1.29 is 5.11 Å². The van der Waals surface area contributed by atoms with Crippen LogP contribution in [0.3, 0.4) is 0 Å². The number of nitrogens with one attached hydrogen (secondary N) is 1. The van der Waals surface area contributed by atoms with Crippen LogP contribution in [0.15, 0.2) is 30.3 Å². The van der Waals surface area contributed by atoms with E-state index in [4.69, 9.17) is 0 Å². The maximum Gasteiger partial charge on any atom is 0.120 e. The summed E-state index contributed by atoms with van der Waals surface area (Å²) < 4.78 is 0. The Morgan fingerprint density at radius 1 is 1.31 bits per heavy atom. The monoisotopic (exact) mass is 177 g/mol. The highest BCUT2D eigenvalue weighted by Gasteiger charge is 2.30. The summed E-state index contributed by atoms with van der Waals surface area (Å²) in [5.41, 5.74) is 0.542. The molecule has 0 unspecified atom stereocenters. The Labute approximate surface area is 78.6 Å². The van der Waals surface area contributed by atoms with Crippen LogP contribution in [-0.2, 0) is 6.42 Å². The molecule has 1 saturated heterocycles. The van der Waals surface area contributed by atoms with Gasteiger partial charge in [-0.05, 0) is 24.9 Å². The number of benzene rings is 1. The second-order valence-electron chi connectivity index (χ2n) is 3.72. The van der Waals surface area contributed by atoms with Crippen LogP contribution in [0.25, 0.3) is 0 Å².